The molecule has 0 fully saturated rings. The molecule has 0 bridgehead atoms. The van der Waals surface area contributed by atoms with Gasteiger partial charge in [-0.2, -0.15) is 0 Å². The smallest absolute Gasteiger partial charge is 0.319 e. The number of hydrogen-bond acceptors (Lipinski definition) is 2. The van der Waals surface area contributed by atoms with E-state index in [2.05, 4.69) is 29.7 Å². The summed E-state index contributed by atoms with van der Waals surface area (Å²) in [5, 5.41) is 5.77. The number of nitrogens with one attached hydrogen (secondary N) is 2. The van der Waals surface area contributed by atoms with Gasteiger partial charge in [-0.1, -0.05) is 29.8 Å². The van der Waals surface area contributed by atoms with E-state index in [1.165, 1.54) is 5.56 Å². The lowest BCUT2D eigenvalue weighted by atomic mass is 9.99. The maximum Gasteiger partial charge on any atom is 0.319 e. The van der Waals surface area contributed by atoms with Crippen LogP contribution >= 0.6 is 0 Å². The second-order valence-electron chi connectivity index (χ2n) is 8.14. The van der Waals surface area contributed by atoms with Crippen LogP contribution in [0.1, 0.15) is 43.9 Å². The van der Waals surface area contributed by atoms with Crippen LogP contribution in [0.2, 0.25) is 0 Å². The second-order valence-corrected chi connectivity index (χ2v) is 8.14. The van der Waals surface area contributed by atoms with Crippen molar-refractivity contribution in [3.05, 3.63) is 59.2 Å². The summed E-state index contributed by atoms with van der Waals surface area (Å²) in [5.74, 6) is 0.134. The fourth-order valence-corrected chi connectivity index (χ4v) is 3.31. The van der Waals surface area contributed by atoms with E-state index in [1.807, 2.05) is 56.0 Å². The van der Waals surface area contributed by atoms with Gasteiger partial charge in [0.1, 0.15) is 0 Å². The molecule has 0 aliphatic carbocycles. The Bertz CT molecular complexity index is 868. The first-order valence-corrected chi connectivity index (χ1v) is 9.29. The van der Waals surface area contributed by atoms with Crippen molar-refractivity contribution >= 4 is 23.3 Å². The summed E-state index contributed by atoms with van der Waals surface area (Å²) in [7, 11) is 0. The molecule has 1 heterocycles. The average Bonchev–Trinajstić information content (AvgIpc) is 2.56. The highest BCUT2D eigenvalue weighted by atomic mass is 16.2. The Morgan fingerprint density at radius 1 is 1.11 bits per heavy atom. The third-order valence-electron chi connectivity index (χ3n) is 4.45. The Hall–Kier alpha value is -2.82. The van der Waals surface area contributed by atoms with Crippen molar-refractivity contribution in [2.24, 2.45) is 0 Å². The Morgan fingerprint density at radius 3 is 2.59 bits per heavy atom. The molecule has 0 aromatic heterocycles. The molecule has 27 heavy (non-hydrogen) atoms. The first-order valence-electron chi connectivity index (χ1n) is 9.29. The second kappa shape index (κ2) is 7.43. The fraction of sp³-hybridized carbons (Fsp3) is 0.364. The summed E-state index contributed by atoms with van der Waals surface area (Å²) in [6, 6.07) is 13.7. The number of benzene rings is 2. The molecule has 2 N–H and O–H groups in total. The fourth-order valence-electron chi connectivity index (χ4n) is 3.31. The molecule has 2 aromatic carbocycles. The van der Waals surface area contributed by atoms with E-state index in [0.717, 1.165) is 22.5 Å². The van der Waals surface area contributed by atoms with Gasteiger partial charge in [0, 0.05) is 23.3 Å². The van der Waals surface area contributed by atoms with Crippen LogP contribution in [-0.4, -0.2) is 17.5 Å². The number of amides is 3. The predicted molar refractivity (Wildman–Crippen MR) is 109 cm³/mol. The zero-order valence-electron chi connectivity index (χ0n) is 16.4. The van der Waals surface area contributed by atoms with Crippen molar-refractivity contribution in [1.29, 1.82) is 0 Å². The average molecular weight is 365 g/mol. The predicted octanol–water partition coefficient (Wildman–Crippen LogP) is 4.39. The van der Waals surface area contributed by atoms with Crippen LogP contribution in [0.5, 0.6) is 0 Å². The van der Waals surface area contributed by atoms with Crippen LogP contribution in [0.4, 0.5) is 16.2 Å². The molecule has 5 nitrogen and oxygen atoms in total. The van der Waals surface area contributed by atoms with Gasteiger partial charge in [0.15, 0.2) is 0 Å². The van der Waals surface area contributed by atoms with Crippen LogP contribution in [0.15, 0.2) is 42.5 Å². The topological polar surface area (TPSA) is 61.4 Å². The number of nitrogens with zero attached hydrogens (tertiary/aromatic N) is 1. The Labute approximate surface area is 160 Å². The summed E-state index contributed by atoms with van der Waals surface area (Å²) < 4.78 is 0. The molecule has 1 aliphatic heterocycles. The van der Waals surface area contributed by atoms with Crippen molar-refractivity contribution in [2.75, 3.05) is 10.2 Å². The van der Waals surface area contributed by atoms with Gasteiger partial charge in [0.2, 0.25) is 5.91 Å². The van der Waals surface area contributed by atoms with Gasteiger partial charge in [-0.15, -0.1) is 0 Å². The molecule has 3 amide bonds. The van der Waals surface area contributed by atoms with E-state index in [1.54, 1.807) is 0 Å². The molecule has 2 aromatic rings. The Kier molecular flexibility index (Phi) is 5.22. The summed E-state index contributed by atoms with van der Waals surface area (Å²) in [5.41, 5.74) is 4.74. The van der Waals surface area contributed by atoms with Crippen LogP contribution < -0.4 is 15.5 Å². The zero-order valence-corrected chi connectivity index (χ0v) is 16.4. The van der Waals surface area contributed by atoms with E-state index in [4.69, 9.17) is 0 Å². The largest absolute Gasteiger partial charge is 0.333 e. The number of carbonyl (C=O) groups excluding carboxylic acids is 2. The van der Waals surface area contributed by atoms with Gasteiger partial charge in [-0.25, -0.2) is 4.79 Å². The summed E-state index contributed by atoms with van der Waals surface area (Å²) in [4.78, 5) is 26.5. The maximum absolute atomic E-state index is 12.5. The SMILES string of the molecule is Cc1cccc(CN2C(=O)CCc3cc(NC(=O)NC(C)(C)C)ccc32)c1. The Morgan fingerprint density at radius 2 is 1.89 bits per heavy atom. The molecule has 3 rings (SSSR count). The molecule has 1 aliphatic rings. The molecule has 0 atom stereocenters. The van der Waals surface area contributed by atoms with Crippen molar-refractivity contribution in [1.82, 2.24) is 5.32 Å². The normalized spacial score (nSPS) is 13.9. The summed E-state index contributed by atoms with van der Waals surface area (Å²) in [6.07, 6.45) is 1.17. The molecule has 142 valence electrons. The van der Waals surface area contributed by atoms with Gasteiger partial charge in [0.25, 0.3) is 0 Å². The molecule has 0 saturated carbocycles. The third kappa shape index (κ3) is 4.88. The van der Waals surface area contributed by atoms with Gasteiger partial charge in [-0.05, 0) is 63.4 Å². The van der Waals surface area contributed by atoms with Crippen LogP contribution in [0.25, 0.3) is 0 Å². The minimum absolute atomic E-state index is 0.134. The minimum atomic E-state index is -0.296. The van der Waals surface area contributed by atoms with Gasteiger partial charge in [0.05, 0.1) is 6.54 Å². The van der Waals surface area contributed by atoms with E-state index >= 15 is 0 Å². The highest BCUT2D eigenvalue weighted by molar-refractivity contribution is 5.97. The molecular weight excluding hydrogens is 338 g/mol. The maximum atomic E-state index is 12.5. The Balaban J connectivity index is 1.79. The summed E-state index contributed by atoms with van der Waals surface area (Å²) in [6.45, 7) is 8.43. The highest BCUT2D eigenvalue weighted by Crippen LogP contribution is 2.31. The van der Waals surface area contributed by atoms with Crippen LogP contribution in [0, 0.1) is 6.92 Å². The molecule has 5 heteroatoms. The molecule has 0 spiro atoms. The van der Waals surface area contributed by atoms with Crippen molar-refractivity contribution in [3.8, 4) is 0 Å². The quantitative estimate of drug-likeness (QED) is 0.847. The lowest BCUT2D eigenvalue weighted by molar-refractivity contribution is -0.119. The van der Waals surface area contributed by atoms with Crippen molar-refractivity contribution < 1.29 is 9.59 Å². The van der Waals surface area contributed by atoms with E-state index in [0.29, 0.717) is 19.4 Å². The van der Waals surface area contributed by atoms with Gasteiger partial charge in [-0.3, -0.25) is 4.79 Å². The third-order valence-corrected chi connectivity index (χ3v) is 4.45. The molecular formula is C22H27N3O2. The number of fused-ring (bicyclic) bond motifs is 1. The minimum Gasteiger partial charge on any atom is -0.333 e. The first-order chi connectivity index (χ1) is 12.7. The van der Waals surface area contributed by atoms with Gasteiger partial charge < -0.3 is 15.5 Å². The van der Waals surface area contributed by atoms with E-state index in [-0.39, 0.29) is 17.5 Å². The molecule has 0 saturated heterocycles. The lowest BCUT2D eigenvalue weighted by Gasteiger charge is -2.30. The van der Waals surface area contributed by atoms with Crippen LogP contribution in [0.3, 0.4) is 0 Å². The number of aryl methyl sites for hydroxylation is 2. The van der Waals surface area contributed by atoms with E-state index in [9.17, 15) is 9.59 Å². The number of carbonyl (C=O) groups is 2. The van der Waals surface area contributed by atoms with Crippen LogP contribution in [-0.2, 0) is 17.8 Å². The number of anilines is 2. The molecule has 0 radical (unpaired) electrons. The number of urea groups is 1. The van der Waals surface area contributed by atoms with Crippen molar-refractivity contribution in [3.63, 3.8) is 0 Å². The monoisotopic (exact) mass is 365 g/mol. The van der Waals surface area contributed by atoms with Crippen molar-refractivity contribution in [2.45, 2.75) is 52.6 Å². The first kappa shape index (κ1) is 19.0. The number of hydrogen-bond donors (Lipinski definition) is 2. The van der Waals surface area contributed by atoms with E-state index < -0.39 is 0 Å². The molecule has 0 unspecified atom stereocenters. The zero-order chi connectivity index (χ0) is 19.6. The highest BCUT2D eigenvalue weighted by Gasteiger charge is 2.25. The number of rotatable bonds is 3. The summed E-state index contributed by atoms with van der Waals surface area (Å²) >= 11 is 0. The standard InChI is InChI=1S/C22H27N3O2/c1-15-6-5-7-16(12-15)14-25-19-10-9-18(13-17(19)8-11-20(25)26)23-21(27)24-22(2,3)4/h5-7,9-10,12-13H,8,11,14H2,1-4H3,(H2,23,24,27). The van der Waals surface area contributed by atoms with Gasteiger partial charge >= 0.3 is 6.03 Å². The lowest BCUT2D eigenvalue weighted by Crippen LogP contribution is -2.43.